The smallest absolute Gasteiger partial charge is 0.308 e. The van der Waals surface area contributed by atoms with Crippen molar-refractivity contribution in [2.24, 2.45) is 0 Å². The van der Waals surface area contributed by atoms with Crippen LogP contribution in [0.25, 0.3) is 0 Å². The van der Waals surface area contributed by atoms with Crippen LogP contribution in [0.3, 0.4) is 0 Å². The molecule has 0 amide bonds. The molecule has 2 aromatic rings. The topological polar surface area (TPSA) is 137 Å². The number of hydrogen-bond acceptors (Lipinski definition) is 11. The van der Waals surface area contributed by atoms with Crippen LogP contribution < -0.4 is 14.9 Å². The van der Waals surface area contributed by atoms with Crippen LogP contribution in [0.1, 0.15) is 69.5 Å². The molecular weight excluding hydrogens is 500 g/mol. The highest BCUT2D eigenvalue weighted by atomic mass is 16.8. The normalized spacial score (nSPS) is 23.1. The monoisotopic (exact) mass is 530 g/mol. The Hall–Kier alpha value is -3.70. The van der Waals surface area contributed by atoms with Gasteiger partial charge in [-0.15, -0.1) is 0 Å². The second-order valence-corrected chi connectivity index (χ2v) is 9.56. The molecular formula is C27H30O11. The van der Waals surface area contributed by atoms with Crippen LogP contribution in [0.5, 0.6) is 11.5 Å². The number of fused-ring (bicyclic) bond motifs is 3. The Morgan fingerprint density at radius 2 is 1.63 bits per heavy atom. The van der Waals surface area contributed by atoms with Gasteiger partial charge < -0.3 is 32.8 Å². The SMILES string of the molecule is COc1ccc(CCc2cc(=O)c3c(o2)[C@H](OC(C)=O)[C@@H](OC(C)=O)[C@H]2OC(C)(C)O[C@@H]32)cc1OC(C)=O. The summed E-state index contributed by atoms with van der Waals surface area (Å²) < 4.78 is 39.6. The number of esters is 3. The maximum atomic E-state index is 13.4. The van der Waals surface area contributed by atoms with Gasteiger partial charge in [0.05, 0.1) is 12.7 Å². The predicted molar refractivity (Wildman–Crippen MR) is 130 cm³/mol. The predicted octanol–water partition coefficient (Wildman–Crippen LogP) is 3.10. The van der Waals surface area contributed by atoms with Crippen molar-refractivity contribution in [3.63, 3.8) is 0 Å². The molecule has 11 heteroatoms. The summed E-state index contributed by atoms with van der Waals surface area (Å²) in [4.78, 5) is 48.8. The van der Waals surface area contributed by atoms with Gasteiger partial charge in [0.15, 0.2) is 40.7 Å². The zero-order chi connectivity index (χ0) is 27.8. The first-order chi connectivity index (χ1) is 17.9. The highest BCUT2D eigenvalue weighted by molar-refractivity contribution is 5.70. The first-order valence-electron chi connectivity index (χ1n) is 12.1. The fourth-order valence-corrected chi connectivity index (χ4v) is 4.76. The van der Waals surface area contributed by atoms with Gasteiger partial charge in [0.25, 0.3) is 0 Å². The Balaban J connectivity index is 1.70. The number of methoxy groups -OCH3 is 1. The van der Waals surface area contributed by atoms with Crippen molar-refractivity contribution in [3.8, 4) is 11.5 Å². The van der Waals surface area contributed by atoms with Crippen molar-refractivity contribution in [3.05, 3.63) is 57.1 Å². The number of carbonyl (C=O) groups excluding carboxylic acids is 3. The molecule has 4 atom stereocenters. The summed E-state index contributed by atoms with van der Waals surface area (Å²) in [6.45, 7) is 7.07. The van der Waals surface area contributed by atoms with Crippen molar-refractivity contribution >= 4 is 17.9 Å². The molecule has 0 saturated carbocycles. The van der Waals surface area contributed by atoms with E-state index < -0.39 is 48.1 Å². The summed E-state index contributed by atoms with van der Waals surface area (Å²) in [5, 5.41) is 0. The fraction of sp³-hybridized carbons (Fsp3) is 0.481. The number of aryl methyl sites for hydroxylation is 2. The van der Waals surface area contributed by atoms with Crippen LogP contribution in [-0.2, 0) is 46.2 Å². The molecule has 1 aromatic carbocycles. The van der Waals surface area contributed by atoms with Gasteiger partial charge in [-0.1, -0.05) is 6.07 Å². The molecule has 4 rings (SSSR count). The molecule has 0 unspecified atom stereocenters. The minimum Gasteiger partial charge on any atom is -0.493 e. The van der Waals surface area contributed by atoms with Crippen LogP contribution in [0.15, 0.2) is 33.5 Å². The standard InChI is InChI=1S/C27H30O11/c1-13(28)33-20-11-16(8-10-19(20)32-6)7-9-17-12-18(31)21-22(36-17)24(34-14(2)29)25(35-15(3)30)26-23(21)37-27(4,5)38-26/h8,10-12,23-26H,7,9H2,1-6H3/t23-,24-,25+,26-/m0/s1. The summed E-state index contributed by atoms with van der Waals surface area (Å²) in [6.07, 6.45) is -3.38. The Bertz CT molecular complexity index is 1310. The molecule has 0 bridgehead atoms. The van der Waals surface area contributed by atoms with Gasteiger partial charge in [-0.05, 0) is 38.0 Å². The average Bonchev–Trinajstić information content (AvgIpc) is 3.13. The quantitative estimate of drug-likeness (QED) is 0.386. The maximum Gasteiger partial charge on any atom is 0.308 e. The highest BCUT2D eigenvalue weighted by Gasteiger charge is 2.57. The molecule has 38 heavy (non-hydrogen) atoms. The second kappa shape index (κ2) is 10.6. The summed E-state index contributed by atoms with van der Waals surface area (Å²) >= 11 is 0. The van der Waals surface area contributed by atoms with Crippen molar-refractivity contribution in [2.75, 3.05) is 7.11 Å². The van der Waals surface area contributed by atoms with Gasteiger partial charge in [-0.2, -0.15) is 0 Å². The van der Waals surface area contributed by atoms with Crippen molar-refractivity contribution < 1.29 is 47.2 Å². The van der Waals surface area contributed by atoms with Gasteiger partial charge in [-0.3, -0.25) is 19.2 Å². The van der Waals surface area contributed by atoms with E-state index in [9.17, 15) is 19.2 Å². The molecule has 1 aliphatic carbocycles. The lowest BCUT2D eigenvalue weighted by Gasteiger charge is -2.36. The molecule has 1 saturated heterocycles. The fourth-order valence-electron chi connectivity index (χ4n) is 4.76. The van der Waals surface area contributed by atoms with E-state index in [2.05, 4.69) is 0 Å². The minimum atomic E-state index is -1.21. The maximum absolute atomic E-state index is 13.4. The van der Waals surface area contributed by atoms with E-state index in [4.69, 9.17) is 32.8 Å². The largest absolute Gasteiger partial charge is 0.493 e. The lowest BCUT2D eigenvalue weighted by molar-refractivity contribution is -0.191. The van der Waals surface area contributed by atoms with Crippen molar-refractivity contribution in [2.45, 2.75) is 77.7 Å². The molecule has 1 aliphatic heterocycles. The molecule has 2 aliphatic rings. The van der Waals surface area contributed by atoms with Crippen molar-refractivity contribution in [1.82, 2.24) is 0 Å². The second-order valence-electron chi connectivity index (χ2n) is 9.56. The minimum absolute atomic E-state index is 0.0480. The summed E-state index contributed by atoms with van der Waals surface area (Å²) in [7, 11) is 1.47. The zero-order valence-corrected chi connectivity index (χ0v) is 22.0. The average molecular weight is 531 g/mol. The number of carbonyl (C=O) groups is 3. The van der Waals surface area contributed by atoms with E-state index in [1.54, 1.807) is 32.0 Å². The van der Waals surface area contributed by atoms with E-state index in [1.807, 2.05) is 0 Å². The lowest BCUT2D eigenvalue weighted by Crippen LogP contribution is -2.46. The van der Waals surface area contributed by atoms with Gasteiger partial charge in [0, 0.05) is 33.3 Å². The molecule has 0 radical (unpaired) electrons. The molecule has 11 nitrogen and oxygen atoms in total. The highest BCUT2D eigenvalue weighted by Crippen LogP contribution is 2.49. The molecule has 0 spiro atoms. The number of ether oxygens (including phenoxy) is 6. The number of hydrogen-bond donors (Lipinski definition) is 0. The third-order valence-electron chi connectivity index (χ3n) is 6.10. The number of rotatable bonds is 7. The van der Waals surface area contributed by atoms with Crippen LogP contribution in [0, 0.1) is 0 Å². The summed E-state index contributed by atoms with van der Waals surface area (Å²) in [5.74, 6) is -1.81. The van der Waals surface area contributed by atoms with Crippen LogP contribution >= 0.6 is 0 Å². The van der Waals surface area contributed by atoms with Crippen molar-refractivity contribution in [1.29, 1.82) is 0 Å². The number of benzene rings is 1. The van der Waals surface area contributed by atoms with Crippen LogP contribution in [0.2, 0.25) is 0 Å². The third kappa shape index (κ3) is 5.73. The van der Waals surface area contributed by atoms with E-state index in [0.29, 0.717) is 17.9 Å². The van der Waals surface area contributed by atoms with E-state index in [1.165, 1.54) is 33.9 Å². The van der Waals surface area contributed by atoms with E-state index in [-0.39, 0.29) is 28.9 Å². The first kappa shape index (κ1) is 27.3. The van der Waals surface area contributed by atoms with Gasteiger partial charge >= 0.3 is 17.9 Å². The van der Waals surface area contributed by atoms with Gasteiger partial charge in [0.1, 0.15) is 18.0 Å². The van der Waals surface area contributed by atoms with E-state index >= 15 is 0 Å². The third-order valence-corrected chi connectivity index (χ3v) is 6.10. The molecule has 0 N–H and O–H groups in total. The first-order valence-corrected chi connectivity index (χ1v) is 12.1. The Morgan fingerprint density at radius 3 is 2.26 bits per heavy atom. The zero-order valence-electron chi connectivity index (χ0n) is 22.0. The van der Waals surface area contributed by atoms with E-state index in [0.717, 1.165) is 5.56 Å². The molecule has 204 valence electrons. The molecule has 1 fully saturated rings. The molecule has 1 aromatic heterocycles. The van der Waals surface area contributed by atoms with Gasteiger partial charge in [0.2, 0.25) is 0 Å². The lowest BCUT2D eigenvalue weighted by atomic mass is 9.86. The van der Waals surface area contributed by atoms with Gasteiger partial charge in [-0.25, -0.2) is 0 Å². The summed E-state index contributed by atoms with van der Waals surface area (Å²) in [6, 6.07) is 6.51. The molecule has 2 heterocycles. The van der Waals surface area contributed by atoms with Crippen LogP contribution in [-0.4, -0.2) is 43.0 Å². The van der Waals surface area contributed by atoms with Crippen LogP contribution in [0.4, 0.5) is 0 Å². The summed E-state index contributed by atoms with van der Waals surface area (Å²) in [5.41, 5.74) is 0.568. The Kier molecular flexibility index (Phi) is 7.61. The Morgan fingerprint density at radius 1 is 0.921 bits per heavy atom. The Labute approximate surface area is 218 Å².